The normalized spacial score (nSPS) is 16.9. The van der Waals surface area contributed by atoms with Crippen LogP contribution in [0.1, 0.15) is 24.1 Å². The van der Waals surface area contributed by atoms with Crippen molar-refractivity contribution in [2.45, 2.75) is 27.3 Å². The van der Waals surface area contributed by atoms with Crippen molar-refractivity contribution in [1.29, 1.82) is 0 Å². The van der Waals surface area contributed by atoms with E-state index in [1.165, 1.54) is 0 Å². The molecule has 1 aromatic rings. The minimum absolute atomic E-state index is 0.164. The topological polar surface area (TPSA) is 49.3 Å². The number of rotatable bonds is 2. The van der Waals surface area contributed by atoms with Crippen LogP contribution in [0, 0.1) is 13.8 Å². The van der Waals surface area contributed by atoms with Gasteiger partial charge in [-0.2, -0.15) is 0 Å². The fraction of sp³-hybridized carbons (Fsp3) is 0.615. The molecule has 98 valence electrons. The Morgan fingerprint density at radius 3 is 2.22 bits per heavy atom. The predicted octanol–water partition coefficient (Wildman–Crippen LogP) is 0.758. The van der Waals surface area contributed by atoms with Crippen molar-refractivity contribution in [3.05, 3.63) is 23.3 Å². The summed E-state index contributed by atoms with van der Waals surface area (Å²) in [5.41, 5.74) is 2.03. The maximum Gasteiger partial charge on any atom is 0.219 e. The molecular formula is C13H20N4O. The van der Waals surface area contributed by atoms with Crippen molar-refractivity contribution in [3.8, 4) is 0 Å². The molecule has 5 nitrogen and oxygen atoms in total. The monoisotopic (exact) mass is 248 g/mol. The summed E-state index contributed by atoms with van der Waals surface area (Å²) in [4.78, 5) is 24.3. The number of nitrogens with zero attached hydrogens (tertiary/aromatic N) is 4. The molecule has 1 aromatic heterocycles. The molecule has 1 saturated heterocycles. The van der Waals surface area contributed by atoms with Crippen LogP contribution in [0.4, 0.5) is 0 Å². The lowest BCUT2D eigenvalue weighted by Gasteiger charge is -2.33. The molecule has 0 unspecified atom stereocenters. The van der Waals surface area contributed by atoms with Crippen molar-refractivity contribution in [3.63, 3.8) is 0 Å². The van der Waals surface area contributed by atoms with E-state index in [-0.39, 0.29) is 5.91 Å². The lowest BCUT2D eigenvalue weighted by atomic mass is 10.3. The van der Waals surface area contributed by atoms with Gasteiger partial charge in [0.05, 0.1) is 6.54 Å². The van der Waals surface area contributed by atoms with Gasteiger partial charge in [0.1, 0.15) is 5.82 Å². The maximum absolute atomic E-state index is 11.2. The molecule has 0 aromatic carbocycles. The van der Waals surface area contributed by atoms with E-state index >= 15 is 0 Å². The molecule has 1 aliphatic heterocycles. The Hall–Kier alpha value is -1.49. The quantitative estimate of drug-likeness (QED) is 0.775. The van der Waals surface area contributed by atoms with Crippen LogP contribution in [0.2, 0.25) is 0 Å². The highest BCUT2D eigenvalue weighted by atomic mass is 16.2. The lowest BCUT2D eigenvalue weighted by Crippen LogP contribution is -2.47. The first-order valence-corrected chi connectivity index (χ1v) is 6.33. The number of aryl methyl sites for hydroxylation is 2. The molecule has 0 N–H and O–H groups in total. The first kappa shape index (κ1) is 13.0. The molecule has 1 amide bonds. The molecule has 18 heavy (non-hydrogen) atoms. The molecular weight excluding hydrogens is 228 g/mol. The van der Waals surface area contributed by atoms with Crippen molar-refractivity contribution < 1.29 is 4.79 Å². The molecule has 0 bridgehead atoms. The second-order valence-electron chi connectivity index (χ2n) is 4.85. The van der Waals surface area contributed by atoms with Gasteiger partial charge < -0.3 is 4.90 Å². The number of hydrogen-bond donors (Lipinski definition) is 0. The number of aromatic nitrogens is 2. The fourth-order valence-electron chi connectivity index (χ4n) is 2.29. The Morgan fingerprint density at radius 2 is 1.72 bits per heavy atom. The van der Waals surface area contributed by atoms with Crippen LogP contribution >= 0.6 is 0 Å². The van der Waals surface area contributed by atoms with Crippen LogP contribution < -0.4 is 0 Å². The molecule has 0 atom stereocenters. The van der Waals surface area contributed by atoms with E-state index in [1.54, 1.807) is 6.92 Å². The Bertz CT molecular complexity index is 418. The molecule has 2 heterocycles. The maximum atomic E-state index is 11.2. The molecule has 2 rings (SSSR count). The SMILES string of the molecule is CC(=O)N1CCN(Cc2nc(C)cc(C)n2)CC1. The van der Waals surface area contributed by atoms with Crippen LogP contribution in [0.3, 0.4) is 0 Å². The average molecular weight is 248 g/mol. The van der Waals surface area contributed by atoms with Gasteiger partial charge in [0.2, 0.25) is 5.91 Å². The summed E-state index contributed by atoms with van der Waals surface area (Å²) < 4.78 is 0. The third-order valence-corrected chi connectivity index (χ3v) is 3.21. The van der Waals surface area contributed by atoms with E-state index in [4.69, 9.17) is 0 Å². The third kappa shape index (κ3) is 3.26. The number of carbonyl (C=O) groups is 1. The van der Waals surface area contributed by atoms with Crippen LogP contribution in [0.25, 0.3) is 0 Å². The van der Waals surface area contributed by atoms with E-state index in [0.29, 0.717) is 0 Å². The summed E-state index contributed by atoms with van der Waals surface area (Å²) in [7, 11) is 0. The van der Waals surface area contributed by atoms with Gasteiger partial charge in [-0.3, -0.25) is 9.69 Å². The van der Waals surface area contributed by atoms with Crippen LogP contribution in [0.15, 0.2) is 6.07 Å². The zero-order valence-corrected chi connectivity index (χ0v) is 11.3. The zero-order chi connectivity index (χ0) is 13.1. The van der Waals surface area contributed by atoms with Crippen LogP contribution in [-0.4, -0.2) is 51.9 Å². The molecule has 1 fully saturated rings. The second-order valence-corrected chi connectivity index (χ2v) is 4.85. The highest BCUT2D eigenvalue weighted by molar-refractivity contribution is 5.73. The molecule has 0 radical (unpaired) electrons. The number of hydrogen-bond acceptors (Lipinski definition) is 4. The minimum Gasteiger partial charge on any atom is -0.340 e. The van der Waals surface area contributed by atoms with Crippen molar-refractivity contribution in [2.24, 2.45) is 0 Å². The Kier molecular flexibility index (Phi) is 3.91. The van der Waals surface area contributed by atoms with Gasteiger partial charge in [0, 0.05) is 44.5 Å². The van der Waals surface area contributed by atoms with Crippen LogP contribution in [0.5, 0.6) is 0 Å². The van der Waals surface area contributed by atoms with E-state index in [1.807, 2.05) is 24.8 Å². The molecule has 0 aliphatic carbocycles. The van der Waals surface area contributed by atoms with E-state index in [9.17, 15) is 4.79 Å². The van der Waals surface area contributed by atoms with E-state index in [2.05, 4.69) is 14.9 Å². The Balaban J connectivity index is 1.93. The fourth-order valence-corrected chi connectivity index (χ4v) is 2.29. The Morgan fingerprint density at radius 1 is 1.17 bits per heavy atom. The largest absolute Gasteiger partial charge is 0.340 e. The first-order chi connectivity index (χ1) is 8.54. The van der Waals surface area contributed by atoms with Gasteiger partial charge in [-0.25, -0.2) is 9.97 Å². The summed E-state index contributed by atoms with van der Waals surface area (Å²) >= 11 is 0. The van der Waals surface area contributed by atoms with E-state index < -0.39 is 0 Å². The molecule has 0 saturated carbocycles. The van der Waals surface area contributed by atoms with Gasteiger partial charge in [-0.05, 0) is 19.9 Å². The third-order valence-electron chi connectivity index (χ3n) is 3.21. The Labute approximate surface area is 108 Å². The number of amides is 1. The lowest BCUT2D eigenvalue weighted by molar-refractivity contribution is -0.130. The van der Waals surface area contributed by atoms with Gasteiger partial charge in [-0.15, -0.1) is 0 Å². The van der Waals surface area contributed by atoms with Gasteiger partial charge in [0.15, 0.2) is 0 Å². The number of piperazine rings is 1. The van der Waals surface area contributed by atoms with Gasteiger partial charge >= 0.3 is 0 Å². The second kappa shape index (κ2) is 5.44. The molecule has 0 spiro atoms. The van der Waals surface area contributed by atoms with Gasteiger partial charge in [-0.1, -0.05) is 0 Å². The summed E-state index contributed by atoms with van der Waals surface area (Å²) in [5, 5.41) is 0. The molecule has 1 aliphatic rings. The summed E-state index contributed by atoms with van der Waals surface area (Å²) in [6, 6.07) is 1.98. The molecule has 5 heteroatoms. The summed E-state index contributed by atoms with van der Waals surface area (Å²) in [6.45, 7) is 9.79. The smallest absolute Gasteiger partial charge is 0.219 e. The minimum atomic E-state index is 0.164. The standard InChI is InChI=1S/C13H20N4O/c1-10-8-11(2)15-13(14-10)9-16-4-6-17(7-5-16)12(3)18/h8H,4-7,9H2,1-3H3. The van der Waals surface area contributed by atoms with Crippen molar-refractivity contribution in [2.75, 3.05) is 26.2 Å². The first-order valence-electron chi connectivity index (χ1n) is 6.33. The summed E-state index contributed by atoms with van der Waals surface area (Å²) in [6.07, 6.45) is 0. The zero-order valence-electron chi connectivity index (χ0n) is 11.3. The summed E-state index contributed by atoms with van der Waals surface area (Å²) in [5.74, 6) is 1.04. The van der Waals surface area contributed by atoms with Crippen molar-refractivity contribution >= 4 is 5.91 Å². The van der Waals surface area contributed by atoms with Crippen LogP contribution in [-0.2, 0) is 11.3 Å². The highest BCUT2D eigenvalue weighted by Crippen LogP contribution is 2.07. The number of carbonyl (C=O) groups excluding carboxylic acids is 1. The predicted molar refractivity (Wildman–Crippen MR) is 69.0 cm³/mol. The van der Waals surface area contributed by atoms with Gasteiger partial charge in [0.25, 0.3) is 0 Å². The van der Waals surface area contributed by atoms with E-state index in [0.717, 1.165) is 49.9 Å². The van der Waals surface area contributed by atoms with Crippen molar-refractivity contribution in [1.82, 2.24) is 19.8 Å². The highest BCUT2D eigenvalue weighted by Gasteiger charge is 2.19. The average Bonchev–Trinajstić information content (AvgIpc) is 2.28.